The molecule has 0 bridgehead atoms. The molecule has 1 saturated heterocycles. The summed E-state index contributed by atoms with van der Waals surface area (Å²) >= 11 is 0. The van der Waals surface area contributed by atoms with Crippen LogP contribution in [0, 0.1) is 5.82 Å². The minimum absolute atomic E-state index is 0.120. The SMILES string of the molecule is O=C(CN1CCCCC1c1nnc(-c2ccccc2F)o1)Nc1nc(C2CC2)no1. The van der Waals surface area contributed by atoms with Crippen molar-refractivity contribution in [3.05, 3.63) is 41.8 Å². The van der Waals surface area contributed by atoms with E-state index in [0.717, 1.165) is 32.1 Å². The number of anilines is 1. The Kier molecular flexibility index (Phi) is 4.99. The van der Waals surface area contributed by atoms with Gasteiger partial charge in [0.25, 0.3) is 5.89 Å². The lowest BCUT2D eigenvalue weighted by Gasteiger charge is -2.32. The largest absolute Gasteiger partial charge is 0.419 e. The molecule has 0 radical (unpaired) electrons. The van der Waals surface area contributed by atoms with E-state index in [1.54, 1.807) is 18.2 Å². The van der Waals surface area contributed by atoms with Gasteiger partial charge in [0.05, 0.1) is 18.2 Å². The van der Waals surface area contributed by atoms with Crippen molar-refractivity contribution in [2.24, 2.45) is 0 Å². The predicted octanol–water partition coefficient (Wildman–Crippen LogP) is 3.30. The number of hydrogen-bond acceptors (Lipinski definition) is 8. The maximum Gasteiger partial charge on any atom is 0.328 e. The highest BCUT2D eigenvalue weighted by atomic mass is 19.1. The number of carbonyl (C=O) groups is 1. The molecule has 10 heteroatoms. The molecule has 3 heterocycles. The van der Waals surface area contributed by atoms with E-state index in [1.165, 1.54) is 6.07 Å². The minimum Gasteiger partial charge on any atom is -0.419 e. The molecule has 0 spiro atoms. The summed E-state index contributed by atoms with van der Waals surface area (Å²) in [6, 6.07) is 6.18. The van der Waals surface area contributed by atoms with Gasteiger partial charge in [-0.2, -0.15) is 4.98 Å². The first kappa shape index (κ1) is 18.9. The van der Waals surface area contributed by atoms with Crippen molar-refractivity contribution in [2.45, 2.75) is 44.1 Å². The molecule has 1 unspecified atom stereocenters. The number of aromatic nitrogens is 4. The summed E-state index contributed by atoms with van der Waals surface area (Å²) < 4.78 is 24.9. The standard InChI is InChI=1S/C20H21FN6O3/c21-14-6-2-1-5-13(14)18-24-25-19(29-18)15-7-3-4-10-27(15)11-16(28)22-20-23-17(26-30-20)12-8-9-12/h1-2,5-6,12,15H,3-4,7-11H2,(H,22,23,26,28). The van der Waals surface area contributed by atoms with E-state index in [9.17, 15) is 9.18 Å². The molecule has 2 aromatic heterocycles. The topological polar surface area (TPSA) is 110 Å². The maximum absolute atomic E-state index is 14.0. The average molecular weight is 412 g/mol. The molecule has 1 amide bonds. The van der Waals surface area contributed by atoms with Crippen molar-refractivity contribution in [1.29, 1.82) is 0 Å². The summed E-state index contributed by atoms with van der Waals surface area (Å²) in [5.74, 6) is 0.852. The monoisotopic (exact) mass is 412 g/mol. The van der Waals surface area contributed by atoms with Crippen molar-refractivity contribution >= 4 is 11.9 Å². The highest BCUT2D eigenvalue weighted by Gasteiger charge is 2.32. The zero-order chi connectivity index (χ0) is 20.5. The number of benzene rings is 1. The number of likely N-dealkylation sites (tertiary alicyclic amines) is 1. The highest BCUT2D eigenvalue weighted by molar-refractivity contribution is 5.90. The fraction of sp³-hybridized carbons (Fsp3) is 0.450. The fourth-order valence-corrected chi connectivity index (χ4v) is 3.71. The molecule has 1 aliphatic carbocycles. The van der Waals surface area contributed by atoms with Crippen LogP contribution in [0.3, 0.4) is 0 Å². The molecule has 2 fully saturated rings. The zero-order valence-electron chi connectivity index (χ0n) is 16.3. The second-order valence-electron chi connectivity index (χ2n) is 7.69. The molecule has 5 rings (SSSR count). The van der Waals surface area contributed by atoms with Gasteiger partial charge < -0.3 is 8.94 Å². The Balaban J connectivity index is 1.27. The van der Waals surface area contributed by atoms with E-state index >= 15 is 0 Å². The summed E-state index contributed by atoms with van der Waals surface area (Å²) in [4.78, 5) is 18.7. The van der Waals surface area contributed by atoms with E-state index in [4.69, 9.17) is 8.94 Å². The van der Waals surface area contributed by atoms with Crippen molar-refractivity contribution in [1.82, 2.24) is 25.2 Å². The van der Waals surface area contributed by atoms with E-state index in [0.29, 0.717) is 24.2 Å². The highest BCUT2D eigenvalue weighted by Crippen LogP contribution is 2.38. The van der Waals surface area contributed by atoms with Gasteiger partial charge >= 0.3 is 6.01 Å². The molecular formula is C20H21FN6O3. The van der Waals surface area contributed by atoms with Crippen molar-refractivity contribution in [3.63, 3.8) is 0 Å². The Morgan fingerprint density at radius 3 is 2.90 bits per heavy atom. The molecule has 1 saturated carbocycles. The molecule has 1 N–H and O–H groups in total. The third kappa shape index (κ3) is 3.95. The van der Waals surface area contributed by atoms with Crippen LogP contribution in [0.25, 0.3) is 11.5 Å². The molecule has 156 valence electrons. The summed E-state index contributed by atoms with van der Waals surface area (Å²) in [5, 5.41) is 14.7. The van der Waals surface area contributed by atoms with Crippen LogP contribution in [0.2, 0.25) is 0 Å². The number of halogens is 1. The number of nitrogens with zero attached hydrogens (tertiary/aromatic N) is 5. The number of rotatable bonds is 6. The molecule has 30 heavy (non-hydrogen) atoms. The predicted molar refractivity (Wildman–Crippen MR) is 103 cm³/mol. The third-order valence-electron chi connectivity index (χ3n) is 5.42. The fourth-order valence-electron chi connectivity index (χ4n) is 3.71. The molecule has 3 aromatic rings. The van der Waals surface area contributed by atoms with Crippen LogP contribution < -0.4 is 5.32 Å². The molecule has 1 aliphatic heterocycles. The van der Waals surface area contributed by atoms with Crippen LogP contribution in [0.1, 0.15) is 55.8 Å². The first-order valence-corrected chi connectivity index (χ1v) is 10.1. The van der Waals surface area contributed by atoms with Gasteiger partial charge in [-0.15, -0.1) is 10.2 Å². The number of nitrogens with one attached hydrogen (secondary N) is 1. The first-order chi connectivity index (χ1) is 14.7. The summed E-state index contributed by atoms with van der Waals surface area (Å²) in [7, 11) is 0. The Labute approximate surface area is 171 Å². The van der Waals surface area contributed by atoms with E-state index in [-0.39, 0.29) is 36.0 Å². The van der Waals surface area contributed by atoms with Crippen molar-refractivity contribution < 1.29 is 18.1 Å². The minimum atomic E-state index is -0.419. The van der Waals surface area contributed by atoms with Gasteiger partial charge in [-0.1, -0.05) is 23.7 Å². The van der Waals surface area contributed by atoms with E-state index in [2.05, 4.69) is 25.7 Å². The molecule has 1 aromatic carbocycles. The van der Waals surface area contributed by atoms with Gasteiger partial charge in [-0.25, -0.2) is 4.39 Å². The lowest BCUT2D eigenvalue weighted by atomic mass is 10.0. The smallest absolute Gasteiger partial charge is 0.328 e. The molecule has 2 aliphatic rings. The van der Waals surface area contributed by atoms with Crippen LogP contribution in [0.15, 0.2) is 33.2 Å². The second kappa shape index (κ2) is 7.94. The zero-order valence-corrected chi connectivity index (χ0v) is 16.3. The van der Waals surface area contributed by atoms with Crippen molar-refractivity contribution in [3.8, 4) is 11.5 Å². The summed E-state index contributed by atoms with van der Waals surface area (Å²) in [6.07, 6.45) is 4.83. The van der Waals surface area contributed by atoms with Crippen LogP contribution in [-0.2, 0) is 4.79 Å². The van der Waals surface area contributed by atoms with Gasteiger partial charge in [0, 0.05) is 5.92 Å². The summed E-state index contributed by atoms with van der Waals surface area (Å²) in [6.45, 7) is 0.843. The van der Waals surface area contributed by atoms with Crippen LogP contribution in [0.4, 0.5) is 10.4 Å². The summed E-state index contributed by atoms with van der Waals surface area (Å²) in [5.41, 5.74) is 0.263. The number of hydrogen-bond donors (Lipinski definition) is 1. The van der Waals surface area contributed by atoms with Gasteiger partial charge in [0.2, 0.25) is 11.8 Å². The first-order valence-electron chi connectivity index (χ1n) is 10.1. The van der Waals surface area contributed by atoms with Gasteiger partial charge in [0.1, 0.15) is 5.82 Å². The van der Waals surface area contributed by atoms with E-state index in [1.807, 2.05) is 4.90 Å². The van der Waals surface area contributed by atoms with E-state index < -0.39 is 5.82 Å². The second-order valence-corrected chi connectivity index (χ2v) is 7.69. The number of carbonyl (C=O) groups excluding carboxylic acids is 1. The lowest BCUT2D eigenvalue weighted by Crippen LogP contribution is -2.39. The Bertz CT molecular complexity index is 1050. The maximum atomic E-state index is 14.0. The Morgan fingerprint density at radius 1 is 1.20 bits per heavy atom. The van der Waals surface area contributed by atoms with Crippen LogP contribution in [-0.4, -0.2) is 44.2 Å². The van der Waals surface area contributed by atoms with Gasteiger partial charge in [0.15, 0.2) is 5.82 Å². The number of piperidine rings is 1. The number of amides is 1. The van der Waals surface area contributed by atoms with Gasteiger partial charge in [-0.05, 0) is 44.4 Å². The Morgan fingerprint density at radius 2 is 2.07 bits per heavy atom. The molecular weight excluding hydrogens is 391 g/mol. The van der Waals surface area contributed by atoms with Crippen LogP contribution in [0.5, 0.6) is 0 Å². The average Bonchev–Trinajstić information content (AvgIpc) is 3.30. The normalized spacial score (nSPS) is 19.7. The quantitative estimate of drug-likeness (QED) is 0.657. The van der Waals surface area contributed by atoms with Crippen molar-refractivity contribution in [2.75, 3.05) is 18.4 Å². The van der Waals surface area contributed by atoms with Crippen LogP contribution >= 0.6 is 0 Å². The van der Waals surface area contributed by atoms with Gasteiger partial charge in [-0.3, -0.25) is 15.0 Å². The lowest BCUT2D eigenvalue weighted by molar-refractivity contribution is -0.118. The molecule has 9 nitrogen and oxygen atoms in total. The molecule has 1 atom stereocenters. The Hall–Kier alpha value is -3.14. The third-order valence-corrected chi connectivity index (χ3v) is 5.42.